The van der Waals surface area contributed by atoms with E-state index < -0.39 is 34.2 Å². The van der Waals surface area contributed by atoms with Crippen molar-refractivity contribution in [2.75, 3.05) is 32.4 Å². The Balaban J connectivity index is 0.000000612. The van der Waals surface area contributed by atoms with E-state index in [0.29, 0.717) is 25.8 Å². The van der Waals surface area contributed by atoms with Crippen LogP contribution in [0.5, 0.6) is 0 Å². The first-order chi connectivity index (χ1) is 17.7. The molecule has 2 saturated heterocycles. The molecular weight excluding hydrogens is 522 g/mol. The highest BCUT2D eigenvalue weighted by atomic mass is 32.2. The number of carboxylic acid groups (broad SMARTS) is 2. The lowest BCUT2D eigenvalue weighted by molar-refractivity contribution is -0.165. The number of fused-ring (bicyclic) bond motifs is 1. The number of sulfonamides is 1. The molecule has 2 aliphatic rings. The van der Waals surface area contributed by atoms with Gasteiger partial charge in [0.2, 0.25) is 21.8 Å². The third-order valence-corrected chi connectivity index (χ3v) is 8.17. The van der Waals surface area contributed by atoms with Gasteiger partial charge in [-0.1, -0.05) is 33.6 Å². The number of amides is 2. The summed E-state index contributed by atoms with van der Waals surface area (Å²) < 4.78 is 25.4. The Kier molecular flexibility index (Phi) is 13.6. The molecule has 0 aromatic rings. The number of hydrogen-bond donors (Lipinski definition) is 4. The quantitative estimate of drug-likeness (QED) is 0.206. The number of rotatable bonds is 14. The molecule has 2 amide bonds. The smallest absolute Gasteiger partial charge is 0.335 e. The second-order valence-electron chi connectivity index (χ2n) is 9.63. The minimum absolute atomic E-state index is 0.0691. The van der Waals surface area contributed by atoms with Crippen molar-refractivity contribution in [3.05, 3.63) is 0 Å². The predicted octanol–water partition coefficient (Wildman–Crippen LogP) is -0.0464. The first-order valence-corrected chi connectivity index (χ1v) is 14.9. The maximum Gasteiger partial charge on any atom is 0.335 e. The van der Waals surface area contributed by atoms with Crippen LogP contribution in [-0.4, -0.2) is 123 Å². The third kappa shape index (κ3) is 8.89. The summed E-state index contributed by atoms with van der Waals surface area (Å²) in [6.45, 7) is 10.0. The van der Waals surface area contributed by atoms with Gasteiger partial charge in [-0.3, -0.25) is 9.59 Å². The van der Waals surface area contributed by atoms with Crippen LogP contribution < -0.4 is 0 Å². The van der Waals surface area contributed by atoms with Gasteiger partial charge in [0.05, 0.1) is 24.3 Å². The van der Waals surface area contributed by atoms with Gasteiger partial charge in [0.25, 0.3) is 0 Å². The van der Waals surface area contributed by atoms with E-state index in [1.165, 1.54) is 0 Å². The number of carboxylic acids is 2. The van der Waals surface area contributed by atoms with E-state index in [0.717, 1.165) is 55.9 Å². The molecule has 2 aliphatic heterocycles. The third-order valence-electron chi connectivity index (χ3n) is 7.01. The number of carbonyl (C=O) groups is 4. The van der Waals surface area contributed by atoms with Crippen LogP contribution in [-0.2, 0) is 29.2 Å². The lowest BCUT2D eigenvalue weighted by Gasteiger charge is -2.27. The monoisotopic (exact) mass is 565 g/mol. The zero-order valence-corrected chi connectivity index (χ0v) is 23.5. The average Bonchev–Trinajstić information content (AvgIpc) is 3.38. The average molecular weight is 566 g/mol. The molecule has 0 spiro atoms. The molecule has 220 valence electrons. The van der Waals surface area contributed by atoms with Crippen LogP contribution in [0.15, 0.2) is 0 Å². The number of aliphatic carboxylic acids is 2. The Labute approximate surface area is 224 Å². The summed E-state index contributed by atoms with van der Waals surface area (Å²) >= 11 is 0. The van der Waals surface area contributed by atoms with Crippen molar-refractivity contribution < 1.29 is 48.0 Å². The summed E-state index contributed by atoms with van der Waals surface area (Å²) in [5.74, 6) is -4.18. The molecule has 2 heterocycles. The van der Waals surface area contributed by atoms with E-state index in [4.69, 9.17) is 20.4 Å². The molecule has 0 bridgehead atoms. The van der Waals surface area contributed by atoms with Crippen LogP contribution in [0.2, 0.25) is 0 Å². The van der Waals surface area contributed by atoms with Gasteiger partial charge in [-0.25, -0.2) is 22.3 Å². The van der Waals surface area contributed by atoms with E-state index in [1.807, 2.05) is 6.92 Å². The number of carbonyl (C=O) groups excluding carboxylic acids is 2. The molecule has 2 rings (SSSR count). The van der Waals surface area contributed by atoms with Crippen molar-refractivity contribution in [1.82, 2.24) is 14.1 Å². The fourth-order valence-corrected chi connectivity index (χ4v) is 6.24. The number of likely N-dealkylation sites (tertiary alicyclic amines) is 1. The number of nitrogens with zero attached hydrogens (tertiary/aromatic N) is 3. The predicted molar refractivity (Wildman–Crippen MR) is 138 cm³/mol. The van der Waals surface area contributed by atoms with Crippen LogP contribution in [0.3, 0.4) is 0 Å². The minimum atomic E-state index is -3.60. The lowest BCUT2D eigenvalue weighted by Crippen LogP contribution is -2.43. The normalized spacial score (nSPS) is 22.6. The summed E-state index contributed by atoms with van der Waals surface area (Å²) in [6.07, 6.45) is 1.95. The van der Waals surface area contributed by atoms with Crippen molar-refractivity contribution in [1.29, 1.82) is 0 Å². The van der Waals surface area contributed by atoms with E-state index in [-0.39, 0.29) is 29.8 Å². The zero-order chi connectivity index (χ0) is 29.2. The van der Waals surface area contributed by atoms with E-state index in [1.54, 1.807) is 4.90 Å². The standard InChI is InChI=1S/C20H37N3O4S.C4H6O6/c1-5-11-16-19-17(23(20(16)25)28(4,26)27)13-15-22(19)18(24)12-9-8-10-14-21(6-2)7-3;5-1(3(7)8)2(6)4(9)10/h16-17,19H,5-15H2,1-4H3;1-2,5-6H,(H,7,8)(H,9,10)/t16-,17+,19-;/m1./s1. The van der Waals surface area contributed by atoms with Crippen LogP contribution in [0.1, 0.15) is 65.7 Å². The molecule has 0 aromatic heterocycles. The number of hydrogen-bond acceptors (Lipinski definition) is 9. The number of unbranched alkanes of at least 4 members (excludes halogenated alkanes) is 2. The van der Waals surface area contributed by atoms with Gasteiger partial charge in [0.1, 0.15) is 0 Å². The van der Waals surface area contributed by atoms with Crippen LogP contribution in [0.25, 0.3) is 0 Å². The fourth-order valence-electron chi connectivity index (χ4n) is 5.06. The second kappa shape index (κ2) is 15.3. The van der Waals surface area contributed by atoms with Gasteiger partial charge in [0, 0.05) is 13.0 Å². The van der Waals surface area contributed by atoms with Gasteiger partial charge in [-0.15, -0.1) is 0 Å². The first-order valence-electron chi connectivity index (χ1n) is 13.1. The van der Waals surface area contributed by atoms with Crippen molar-refractivity contribution in [3.8, 4) is 0 Å². The summed E-state index contributed by atoms with van der Waals surface area (Å²) in [7, 11) is -3.60. The van der Waals surface area contributed by atoms with E-state index in [9.17, 15) is 27.6 Å². The van der Waals surface area contributed by atoms with E-state index in [2.05, 4.69) is 18.7 Å². The van der Waals surface area contributed by atoms with Gasteiger partial charge < -0.3 is 30.2 Å². The minimum Gasteiger partial charge on any atom is -0.479 e. The Morgan fingerprint density at radius 2 is 1.55 bits per heavy atom. The molecule has 0 aromatic carbocycles. The summed E-state index contributed by atoms with van der Waals surface area (Å²) in [6, 6.07) is -0.670. The Morgan fingerprint density at radius 3 is 2.00 bits per heavy atom. The molecule has 0 radical (unpaired) electrons. The summed E-state index contributed by atoms with van der Waals surface area (Å²) in [4.78, 5) is 49.3. The Bertz CT molecular complexity index is 906. The summed E-state index contributed by atoms with van der Waals surface area (Å²) in [5, 5.41) is 32.5. The van der Waals surface area contributed by atoms with Crippen LogP contribution in [0.4, 0.5) is 0 Å². The molecule has 13 nitrogen and oxygen atoms in total. The highest BCUT2D eigenvalue weighted by molar-refractivity contribution is 7.88. The van der Waals surface area contributed by atoms with E-state index >= 15 is 0 Å². The first kappa shape index (κ1) is 33.7. The highest BCUT2D eigenvalue weighted by Gasteiger charge is 2.56. The second-order valence-corrected chi connectivity index (χ2v) is 11.5. The van der Waals surface area contributed by atoms with Gasteiger partial charge in [-0.2, -0.15) is 0 Å². The molecule has 0 aliphatic carbocycles. The maximum atomic E-state index is 12.8. The van der Waals surface area contributed by atoms with Crippen LogP contribution in [0, 0.1) is 5.92 Å². The van der Waals surface area contributed by atoms with Crippen molar-refractivity contribution >= 4 is 33.8 Å². The lowest BCUT2D eigenvalue weighted by atomic mass is 9.94. The highest BCUT2D eigenvalue weighted by Crippen LogP contribution is 2.40. The number of aliphatic hydroxyl groups excluding tert-OH is 2. The molecular formula is C24H43N3O10S. The van der Waals surface area contributed by atoms with Crippen LogP contribution >= 0.6 is 0 Å². The molecule has 0 saturated carbocycles. The topological polar surface area (TPSA) is 193 Å². The number of aliphatic hydroxyl groups is 2. The summed E-state index contributed by atoms with van der Waals surface area (Å²) in [5.41, 5.74) is 0. The molecule has 38 heavy (non-hydrogen) atoms. The van der Waals surface area contributed by atoms with Crippen molar-refractivity contribution in [2.24, 2.45) is 5.92 Å². The largest absolute Gasteiger partial charge is 0.479 e. The van der Waals surface area contributed by atoms with Gasteiger partial charge in [-0.05, 0) is 45.3 Å². The van der Waals surface area contributed by atoms with Crippen molar-refractivity contribution in [2.45, 2.75) is 90.0 Å². The SMILES string of the molecule is CCC[C@H]1C(=O)N(S(C)(=O)=O)[C@H]2CCN(C(=O)CCCCCN(CC)CC)[C@H]12.O=C(O)C(O)C(O)C(=O)O. The molecule has 2 unspecified atom stereocenters. The van der Waals surface area contributed by atoms with Crippen molar-refractivity contribution in [3.63, 3.8) is 0 Å². The van der Waals surface area contributed by atoms with Gasteiger partial charge >= 0.3 is 11.9 Å². The molecule has 2 fully saturated rings. The Hall–Kier alpha value is -2.29. The molecule has 14 heteroatoms. The molecule has 4 N–H and O–H groups in total. The van der Waals surface area contributed by atoms with Gasteiger partial charge in [0.15, 0.2) is 12.2 Å². The Morgan fingerprint density at radius 1 is 1.00 bits per heavy atom. The molecule has 5 atom stereocenters. The maximum absolute atomic E-state index is 12.8. The fraction of sp³-hybridized carbons (Fsp3) is 0.833. The zero-order valence-electron chi connectivity index (χ0n) is 22.7.